The topological polar surface area (TPSA) is 32.3 Å². The van der Waals surface area contributed by atoms with Gasteiger partial charge in [-0.15, -0.1) is 0 Å². The third kappa shape index (κ3) is 4.20. The van der Waals surface area contributed by atoms with Gasteiger partial charge < -0.3 is 10.2 Å². The number of nitrogens with zero attached hydrogens (tertiary/aromatic N) is 1. The normalized spacial score (nSPS) is 26.3. The molecule has 3 nitrogen and oxygen atoms in total. The van der Waals surface area contributed by atoms with Gasteiger partial charge in [0.25, 0.3) is 0 Å². The van der Waals surface area contributed by atoms with Crippen LogP contribution in [0.25, 0.3) is 0 Å². The molecule has 2 atom stereocenters. The fourth-order valence-electron chi connectivity index (χ4n) is 2.24. The van der Waals surface area contributed by atoms with Crippen molar-refractivity contribution >= 4 is 5.91 Å². The lowest BCUT2D eigenvalue weighted by molar-refractivity contribution is -0.127. The van der Waals surface area contributed by atoms with E-state index < -0.39 is 0 Å². The summed E-state index contributed by atoms with van der Waals surface area (Å²) in [5.74, 6) is 1.04. The molecule has 0 bridgehead atoms. The van der Waals surface area contributed by atoms with Gasteiger partial charge in [0.2, 0.25) is 5.91 Å². The molecule has 1 aliphatic rings. The molecule has 88 valence electrons. The minimum absolute atomic E-state index is 0.175. The van der Waals surface area contributed by atoms with E-state index in [4.69, 9.17) is 0 Å². The maximum Gasteiger partial charge on any atom is 0.236 e. The smallest absolute Gasteiger partial charge is 0.236 e. The fraction of sp³-hybridized carbons (Fsp3) is 0.917. The highest BCUT2D eigenvalue weighted by Gasteiger charge is 2.20. The van der Waals surface area contributed by atoms with Crippen molar-refractivity contribution in [3.05, 3.63) is 0 Å². The molecule has 3 heteroatoms. The van der Waals surface area contributed by atoms with Gasteiger partial charge in [0.1, 0.15) is 0 Å². The summed E-state index contributed by atoms with van der Waals surface area (Å²) in [6, 6.07) is 0.563. The Hall–Kier alpha value is -0.570. The van der Waals surface area contributed by atoms with Gasteiger partial charge in [0.05, 0.1) is 6.54 Å². The Morgan fingerprint density at radius 2 is 2.13 bits per heavy atom. The van der Waals surface area contributed by atoms with Crippen LogP contribution in [-0.2, 0) is 4.79 Å². The largest absolute Gasteiger partial charge is 0.348 e. The molecule has 1 rings (SSSR count). The third-order valence-electron chi connectivity index (χ3n) is 3.40. The molecular formula is C12H24N2O. The summed E-state index contributed by atoms with van der Waals surface area (Å²) < 4.78 is 0. The van der Waals surface area contributed by atoms with Crippen LogP contribution in [0.1, 0.15) is 39.0 Å². The summed E-state index contributed by atoms with van der Waals surface area (Å²) >= 11 is 0. The van der Waals surface area contributed by atoms with Gasteiger partial charge in [-0.05, 0) is 18.8 Å². The van der Waals surface area contributed by atoms with Gasteiger partial charge in [-0.25, -0.2) is 0 Å². The molecule has 1 saturated carbocycles. The van der Waals surface area contributed by atoms with Crippen molar-refractivity contribution in [1.82, 2.24) is 10.2 Å². The van der Waals surface area contributed by atoms with Crippen molar-refractivity contribution < 1.29 is 4.79 Å². The van der Waals surface area contributed by atoms with Crippen LogP contribution in [0.3, 0.4) is 0 Å². The molecule has 1 aliphatic carbocycles. The van der Waals surface area contributed by atoms with Crippen LogP contribution in [0.2, 0.25) is 0 Å². The lowest BCUT2D eigenvalue weighted by atomic mass is 9.84. The summed E-state index contributed by atoms with van der Waals surface area (Å²) in [5.41, 5.74) is 0. The first-order valence-corrected chi connectivity index (χ1v) is 6.07. The van der Waals surface area contributed by atoms with Crippen LogP contribution >= 0.6 is 0 Å². The molecule has 1 N–H and O–H groups in total. The van der Waals surface area contributed by atoms with E-state index in [-0.39, 0.29) is 5.91 Å². The summed E-state index contributed by atoms with van der Waals surface area (Å²) in [6.45, 7) is 2.76. The van der Waals surface area contributed by atoms with Crippen molar-refractivity contribution in [1.29, 1.82) is 0 Å². The summed E-state index contributed by atoms with van der Waals surface area (Å²) in [7, 11) is 3.61. The SMILES string of the molecule is CCC1CCCC(NCC(=O)N(C)C)C1. The van der Waals surface area contributed by atoms with E-state index >= 15 is 0 Å². The number of rotatable bonds is 4. The number of likely N-dealkylation sites (N-methyl/N-ethyl adjacent to an activating group) is 1. The first kappa shape index (κ1) is 12.5. The first-order chi connectivity index (χ1) is 7.13. The first-order valence-electron chi connectivity index (χ1n) is 6.07. The standard InChI is InChI=1S/C12H24N2O/c1-4-10-6-5-7-11(8-10)13-9-12(15)14(2)3/h10-11,13H,4-9H2,1-3H3. The minimum Gasteiger partial charge on any atom is -0.348 e. The molecule has 0 aromatic carbocycles. The molecule has 15 heavy (non-hydrogen) atoms. The maximum absolute atomic E-state index is 11.4. The van der Waals surface area contributed by atoms with E-state index in [0.29, 0.717) is 12.6 Å². The van der Waals surface area contributed by atoms with Crippen molar-refractivity contribution in [2.75, 3.05) is 20.6 Å². The zero-order valence-electron chi connectivity index (χ0n) is 10.3. The van der Waals surface area contributed by atoms with E-state index in [1.54, 1.807) is 19.0 Å². The third-order valence-corrected chi connectivity index (χ3v) is 3.40. The Bertz CT molecular complexity index is 204. The highest BCUT2D eigenvalue weighted by atomic mass is 16.2. The van der Waals surface area contributed by atoms with Gasteiger partial charge in [0, 0.05) is 20.1 Å². The summed E-state index contributed by atoms with van der Waals surface area (Å²) in [4.78, 5) is 13.0. The average molecular weight is 212 g/mol. The Morgan fingerprint density at radius 1 is 1.40 bits per heavy atom. The van der Waals surface area contributed by atoms with Crippen LogP contribution < -0.4 is 5.32 Å². The zero-order chi connectivity index (χ0) is 11.3. The van der Waals surface area contributed by atoms with Crippen molar-refractivity contribution in [2.45, 2.75) is 45.1 Å². The molecule has 0 aromatic rings. The van der Waals surface area contributed by atoms with Gasteiger partial charge in [-0.1, -0.05) is 26.2 Å². The predicted octanol–water partition coefficient (Wildman–Crippen LogP) is 1.63. The van der Waals surface area contributed by atoms with Gasteiger partial charge in [0.15, 0.2) is 0 Å². The van der Waals surface area contributed by atoms with E-state index in [0.717, 1.165) is 5.92 Å². The predicted molar refractivity (Wildman–Crippen MR) is 62.7 cm³/mol. The molecule has 0 aliphatic heterocycles. The summed E-state index contributed by atoms with van der Waals surface area (Å²) in [5, 5.41) is 3.38. The molecule has 0 spiro atoms. The zero-order valence-corrected chi connectivity index (χ0v) is 10.3. The Balaban J connectivity index is 2.23. The lowest BCUT2D eigenvalue weighted by Crippen LogP contribution is -2.40. The van der Waals surface area contributed by atoms with Crippen LogP contribution in [0.15, 0.2) is 0 Å². The molecular weight excluding hydrogens is 188 g/mol. The quantitative estimate of drug-likeness (QED) is 0.768. The number of amides is 1. The molecule has 2 unspecified atom stereocenters. The van der Waals surface area contributed by atoms with E-state index in [9.17, 15) is 4.79 Å². The van der Waals surface area contributed by atoms with Crippen molar-refractivity contribution in [3.63, 3.8) is 0 Å². The number of nitrogens with one attached hydrogen (secondary N) is 1. The number of carbonyl (C=O) groups is 1. The van der Waals surface area contributed by atoms with Crippen LogP contribution in [-0.4, -0.2) is 37.5 Å². The van der Waals surface area contributed by atoms with Gasteiger partial charge in [-0.2, -0.15) is 0 Å². The second-order valence-electron chi connectivity index (χ2n) is 4.81. The van der Waals surface area contributed by atoms with Crippen LogP contribution in [0.4, 0.5) is 0 Å². The van der Waals surface area contributed by atoms with Crippen LogP contribution in [0, 0.1) is 5.92 Å². The second-order valence-corrected chi connectivity index (χ2v) is 4.81. The van der Waals surface area contributed by atoms with Crippen molar-refractivity contribution in [2.24, 2.45) is 5.92 Å². The van der Waals surface area contributed by atoms with Gasteiger partial charge >= 0.3 is 0 Å². The number of hydrogen-bond donors (Lipinski definition) is 1. The molecule has 1 amide bonds. The van der Waals surface area contributed by atoms with Gasteiger partial charge in [-0.3, -0.25) is 4.79 Å². The summed E-state index contributed by atoms with van der Waals surface area (Å²) in [6.07, 6.45) is 6.44. The van der Waals surface area contributed by atoms with E-state index in [1.165, 1.54) is 32.1 Å². The Morgan fingerprint density at radius 3 is 2.73 bits per heavy atom. The number of hydrogen-bond acceptors (Lipinski definition) is 2. The Labute approximate surface area is 93.2 Å². The lowest BCUT2D eigenvalue weighted by Gasteiger charge is -2.29. The molecule has 0 radical (unpaired) electrons. The maximum atomic E-state index is 11.4. The molecule has 0 aromatic heterocycles. The van der Waals surface area contributed by atoms with E-state index in [1.807, 2.05) is 0 Å². The monoisotopic (exact) mass is 212 g/mol. The highest BCUT2D eigenvalue weighted by Crippen LogP contribution is 2.26. The minimum atomic E-state index is 0.175. The highest BCUT2D eigenvalue weighted by molar-refractivity contribution is 5.77. The molecule has 0 heterocycles. The second kappa shape index (κ2) is 6.11. The Kier molecular flexibility index (Phi) is 5.09. The average Bonchev–Trinajstić information content (AvgIpc) is 2.26. The van der Waals surface area contributed by atoms with Crippen LogP contribution in [0.5, 0.6) is 0 Å². The molecule has 0 saturated heterocycles. The molecule has 1 fully saturated rings. The van der Waals surface area contributed by atoms with E-state index in [2.05, 4.69) is 12.2 Å². The van der Waals surface area contributed by atoms with Crippen molar-refractivity contribution in [3.8, 4) is 0 Å². The number of carbonyl (C=O) groups excluding carboxylic acids is 1. The fourth-order valence-corrected chi connectivity index (χ4v) is 2.24.